The number of halogens is 1. The molecule has 1 aromatic heterocycles. The van der Waals surface area contributed by atoms with E-state index >= 15 is 0 Å². The molecule has 0 saturated heterocycles. The lowest BCUT2D eigenvalue weighted by Crippen LogP contribution is -2.00. The number of methoxy groups -OCH3 is 1. The van der Waals surface area contributed by atoms with E-state index in [0.717, 1.165) is 35.3 Å². The zero-order valence-corrected chi connectivity index (χ0v) is 14.0. The number of fused-ring (bicyclic) bond motifs is 1. The van der Waals surface area contributed by atoms with Crippen molar-refractivity contribution in [2.24, 2.45) is 0 Å². The fourth-order valence-electron chi connectivity index (χ4n) is 2.40. The van der Waals surface area contributed by atoms with Gasteiger partial charge in [0.1, 0.15) is 5.82 Å². The monoisotopic (exact) mass is 330 g/mol. The minimum Gasteiger partial charge on any atom is -0.493 e. The standard InChI is InChI=1S/C18H19ClN2O2/c1-3-4-9-23-17-13(19)10-12(11-16(17)22-2)18-20-14-7-5-6-8-15(14)21-18/h5-8,10-11H,3-4,9H2,1-2H3,(H,20,21). The van der Waals surface area contributed by atoms with Gasteiger partial charge in [0.05, 0.1) is 29.8 Å². The number of aromatic nitrogens is 2. The number of rotatable bonds is 6. The first-order valence-corrected chi connectivity index (χ1v) is 8.06. The van der Waals surface area contributed by atoms with E-state index in [2.05, 4.69) is 16.9 Å². The third-order valence-electron chi connectivity index (χ3n) is 3.64. The predicted molar refractivity (Wildman–Crippen MR) is 93.5 cm³/mol. The Hall–Kier alpha value is -2.20. The molecule has 1 heterocycles. The molecule has 0 radical (unpaired) electrons. The molecule has 2 aromatic carbocycles. The Balaban J connectivity index is 1.98. The smallest absolute Gasteiger partial charge is 0.179 e. The van der Waals surface area contributed by atoms with E-state index in [4.69, 9.17) is 21.1 Å². The summed E-state index contributed by atoms with van der Waals surface area (Å²) in [4.78, 5) is 7.89. The Morgan fingerprint density at radius 3 is 2.78 bits per heavy atom. The summed E-state index contributed by atoms with van der Waals surface area (Å²) in [5, 5.41) is 0.524. The summed E-state index contributed by atoms with van der Waals surface area (Å²) >= 11 is 6.39. The maximum Gasteiger partial charge on any atom is 0.179 e. The number of H-pyrrole nitrogens is 1. The SMILES string of the molecule is CCCCOc1c(Cl)cc(-c2nc3ccccc3[nH]2)cc1OC. The lowest BCUT2D eigenvalue weighted by atomic mass is 10.2. The lowest BCUT2D eigenvalue weighted by molar-refractivity contribution is 0.288. The van der Waals surface area contributed by atoms with Gasteiger partial charge < -0.3 is 14.5 Å². The molecular formula is C18H19ClN2O2. The Bertz CT molecular complexity index is 781. The van der Waals surface area contributed by atoms with Crippen LogP contribution >= 0.6 is 11.6 Å². The second kappa shape index (κ2) is 6.92. The summed E-state index contributed by atoms with van der Waals surface area (Å²) in [5.74, 6) is 1.96. The Morgan fingerprint density at radius 2 is 2.04 bits per heavy atom. The second-order valence-electron chi connectivity index (χ2n) is 5.29. The van der Waals surface area contributed by atoms with Gasteiger partial charge in [0.25, 0.3) is 0 Å². The number of ether oxygens (including phenoxy) is 2. The van der Waals surface area contributed by atoms with Crippen LogP contribution in [0.25, 0.3) is 22.4 Å². The molecule has 0 aliphatic carbocycles. The number of aromatic amines is 1. The topological polar surface area (TPSA) is 47.1 Å². The number of para-hydroxylation sites is 2. The Morgan fingerprint density at radius 1 is 1.22 bits per heavy atom. The molecule has 0 amide bonds. The van der Waals surface area contributed by atoms with Gasteiger partial charge in [-0.1, -0.05) is 37.1 Å². The molecule has 0 saturated carbocycles. The van der Waals surface area contributed by atoms with Crippen molar-refractivity contribution in [3.63, 3.8) is 0 Å². The quantitative estimate of drug-likeness (QED) is 0.642. The molecule has 0 unspecified atom stereocenters. The van der Waals surface area contributed by atoms with Crippen LogP contribution in [0, 0.1) is 0 Å². The molecule has 3 aromatic rings. The number of unbranched alkanes of at least 4 members (excludes halogenated alkanes) is 1. The van der Waals surface area contributed by atoms with E-state index in [-0.39, 0.29) is 0 Å². The third-order valence-corrected chi connectivity index (χ3v) is 3.92. The van der Waals surface area contributed by atoms with Gasteiger partial charge >= 0.3 is 0 Å². The molecule has 0 bridgehead atoms. The molecule has 4 nitrogen and oxygen atoms in total. The summed E-state index contributed by atoms with van der Waals surface area (Å²) < 4.78 is 11.2. The van der Waals surface area contributed by atoms with Crippen molar-refractivity contribution in [3.05, 3.63) is 41.4 Å². The van der Waals surface area contributed by atoms with Gasteiger partial charge in [0.2, 0.25) is 0 Å². The van der Waals surface area contributed by atoms with Gasteiger partial charge in [0.15, 0.2) is 11.5 Å². The molecule has 0 aliphatic heterocycles. The van der Waals surface area contributed by atoms with Crippen LogP contribution in [0.5, 0.6) is 11.5 Å². The number of nitrogens with one attached hydrogen (secondary N) is 1. The molecule has 0 atom stereocenters. The van der Waals surface area contributed by atoms with E-state index in [1.54, 1.807) is 7.11 Å². The normalized spacial score (nSPS) is 10.9. The summed E-state index contributed by atoms with van der Waals surface area (Å²) in [5.41, 5.74) is 2.77. The first-order chi connectivity index (χ1) is 11.2. The van der Waals surface area contributed by atoms with E-state index in [1.807, 2.05) is 36.4 Å². The zero-order valence-electron chi connectivity index (χ0n) is 13.2. The van der Waals surface area contributed by atoms with Crippen molar-refractivity contribution >= 4 is 22.6 Å². The van der Waals surface area contributed by atoms with Crippen LogP contribution in [0.4, 0.5) is 0 Å². The fraction of sp³-hybridized carbons (Fsp3) is 0.278. The van der Waals surface area contributed by atoms with E-state index in [9.17, 15) is 0 Å². The van der Waals surface area contributed by atoms with Crippen molar-refractivity contribution in [1.29, 1.82) is 0 Å². The van der Waals surface area contributed by atoms with Crippen LogP contribution in [0.3, 0.4) is 0 Å². The minimum atomic E-state index is 0.524. The molecule has 3 rings (SSSR count). The van der Waals surface area contributed by atoms with Crippen molar-refractivity contribution < 1.29 is 9.47 Å². The van der Waals surface area contributed by atoms with Gasteiger partial charge in [-0.25, -0.2) is 4.98 Å². The van der Waals surface area contributed by atoms with Crippen molar-refractivity contribution in [2.75, 3.05) is 13.7 Å². The largest absolute Gasteiger partial charge is 0.493 e. The Kier molecular flexibility index (Phi) is 4.72. The average molecular weight is 331 g/mol. The summed E-state index contributed by atoms with van der Waals surface area (Å²) in [6.07, 6.45) is 2.04. The maximum atomic E-state index is 6.39. The molecule has 120 valence electrons. The van der Waals surface area contributed by atoms with Crippen molar-refractivity contribution in [3.8, 4) is 22.9 Å². The summed E-state index contributed by atoms with van der Waals surface area (Å²) in [6, 6.07) is 11.6. The molecular weight excluding hydrogens is 312 g/mol. The lowest BCUT2D eigenvalue weighted by Gasteiger charge is -2.13. The van der Waals surface area contributed by atoms with E-state index < -0.39 is 0 Å². The maximum absolute atomic E-state index is 6.39. The van der Waals surface area contributed by atoms with Crippen LogP contribution in [0.15, 0.2) is 36.4 Å². The van der Waals surface area contributed by atoms with Crippen LogP contribution < -0.4 is 9.47 Å². The van der Waals surface area contributed by atoms with Gasteiger partial charge in [-0.2, -0.15) is 0 Å². The molecule has 23 heavy (non-hydrogen) atoms. The van der Waals surface area contributed by atoms with Crippen LogP contribution in [0.1, 0.15) is 19.8 Å². The first kappa shape index (κ1) is 15.7. The fourth-order valence-corrected chi connectivity index (χ4v) is 2.67. The van der Waals surface area contributed by atoms with Crippen molar-refractivity contribution in [2.45, 2.75) is 19.8 Å². The number of benzene rings is 2. The van der Waals surface area contributed by atoms with Gasteiger partial charge in [-0.05, 0) is 30.7 Å². The van der Waals surface area contributed by atoms with Crippen LogP contribution in [-0.2, 0) is 0 Å². The number of imidazole rings is 1. The van der Waals surface area contributed by atoms with Gasteiger partial charge in [-0.3, -0.25) is 0 Å². The number of nitrogens with zero attached hydrogens (tertiary/aromatic N) is 1. The van der Waals surface area contributed by atoms with Crippen molar-refractivity contribution in [1.82, 2.24) is 9.97 Å². The highest BCUT2D eigenvalue weighted by molar-refractivity contribution is 6.32. The molecule has 1 N–H and O–H groups in total. The highest BCUT2D eigenvalue weighted by atomic mass is 35.5. The molecule has 0 fully saturated rings. The van der Waals surface area contributed by atoms with E-state index in [1.165, 1.54) is 0 Å². The average Bonchev–Trinajstić information content (AvgIpc) is 3.00. The summed E-state index contributed by atoms with van der Waals surface area (Å²) in [7, 11) is 1.61. The summed E-state index contributed by atoms with van der Waals surface area (Å²) in [6.45, 7) is 2.74. The second-order valence-corrected chi connectivity index (χ2v) is 5.70. The Labute approximate surface area is 140 Å². The minimum absolute atomic E-state index is 0.524. The molecule has 5 heteroatoms. The number of hydrogen-bond donors (Lipinski definition) is 1. The number of hydrogen-bond acceptors (Lipinski definition) is 3. The molecule has 0 aliphatic rings. The zero-order chi connectivity index (χ0) is 16.2. The van der Waals surface area contributed by atoms with Gasteiger partial charge in [-0.15, -0.1) is 0 Å². The van der Waals surface area contributed by atoms with Crippen LogP contribution in [0.2, 0.25) is 5.02 Å². The van der Waals surface area contributed by atoms with Gasteiger partial charge in [0, 0.05) is 5.56 Å². The van der Waals surface area contributed by atoms with E-state index in [0.29, 0.717) is 23.1 Å². The predicted octanol–water partition coefficient (Wildman–Crippen LogP) is 5.07. The molecule has 0 spiro atoms. The highest BCUT2D eigenvalue weighted by Crippen LogP contribution is 2.39. The first-order valence-electron chi connectivity index (χ1n) is 7.68. The highest BCUT2D eigenvalue weighted by Gasteiger charge is 2.15. The van der Waals surface area contributed by atoms with Crippen LogP contribution in [-0.4, -0.2) is 23.7 Å². The third kappa shape index (κ3) is 3.27.